The number of hydrogen-bond donors (Lipinski definition) is 1. The predicted molar refractivity (Wildman–Crippen MR) is 89.6 cm³/mol. The molecule has 0 spiro atoms. The van der Waals surface area contributed by atoms with Gasteiger partial charge in [-0.3, -0.25) is 0 Å². The standard InChI is InChI=1S/C16H23N3S/c1-13-14-9-5-6-10-15(14)16(19-18-13)17-11-7-3-4-8-12-20-2/h5-6,9-10H,3-4,7-8,11-12H2,1-2H3,(H,17,19). The number of thioether (sulfide) groups is 1. The molecule has 0 atom stereocenters. The highest BCUT2D eigenvalue weighted by atomic mass is 32.2. The normalized spacial score (nSPS) is 10.9. The summed E-state index contributed by atoms with van der Waals surface area (Å²) in [5, 5.41) is 14.3. The van der Waals surface area contributed by atoms with Crippen LogP contribution in [0.4, 0.5) is 5.82 Å². The molecule has 20 heavy (non-hydrogen) atoms. The second kappa shape index (κ2) is 8.10. The molecule has 0 unspecified atom stereocenters. The third kappa shape index (κ3) is 4.10. The zero-order valence-corrected chi connectivity index (χ0v) is 13.2. The fourth-order valence-corrected chi connectivity index (χ4v) is 2.79. The zero-order chi connectivity index (χ0) is 14.2. The van der Waals surface area contributed by atoms with Crippen LogP contribution in [-0.4, -0.2) is 28.8 Å². The van der Waals surface area contributed by atoms with Gasteiger partial charge in [0, 0.05) is 17.3 Å². The molecular weight excluding hydrogens is 266 g/mol. The first kappa shape index (κ1) is 15.1. The van der Waals surface area contributed by atoms with E-state index < -0.39 is 0 Å². The minimum atomic E-state index is 0.912. The van der Waals surface area contributed by atoms with Crippen LogP contribution in [0.1, 0.15) is 31.4 Å². The molecule has 4 heteroatoms. The smallest absolute Gasteiger partial charge is 0.156 e. The average Bonchev–Trinajstić information content (AvgIpc) is 2.49. The molecule has 0 radical (unpaired) electrons. The van der Waals surface area contributed by atoms with Gasteiger partial charge in [0.2, 0.25) is 0 Å². The number of unbranched alkanes of at least 4 members (excludes halogenated alkanes) is 3. The third-order valence-electron chi connectivity index (χ3n) is 3.44. The van der Waals surface area contributed by atoms with Gasteiger partial charge >= 0.3 is 0 Å². The number of fused-ring (bicyclic) bond motifs is 1. The number of aromatic nitrogens is 2. The van der Waals surface area contributed by atoms with E-state index in [-0.39, 0.29) is 0 Å². The Balaban J connectivity index is 1.86. The summed E-state index contributed by atoms with van der Waals surface area (Å²) < 4.78 is 0. The molecule has 0 saturated carbocycles. The first-order valence-electron chi connectivity index (χ1n) is 7.28. The summed E-state index contributed by atoms with van der Waals surface area (Å²) in [6, 6.07) is 8.31. The van der Waals surface area contributed by atoms with E-state index in [0.717, 1.165) is 18.1 Å². The summed E-state index contributed by atoms with van der Waals surface area (Å²) >= 11 is 1.93. The number of nitrogens with one attached hydrogen (secondary N) is 1. The van der Waals surface area contributed by atoms with Crippen LogP contribution in [0.2, 0.25) is 0 Å². The fourth-order valence-electron chi connectivity index (χ4n) is 2.30. The maximum Gasteiger partial charge on any atom is 0.156 e. The zero-order valence-electron chi connectivity index (χ0n) is 12.4. The van der Waals surface area contributed by atoms with Crippen molar-refractivity contribution < 1.29 is 0 Å². The van der Waals surface area contributed by atoms with Gasteiger partial charge < -0.3 is 5.32 Å². The van der Waals surface area contributed by atoms with E-state index in [0.29, 0.717) is 0 Å². The molecule has 0 fully saturated rings. The van der Waals surface area contributed by atoms with E-state index in [9.17, 15) is 0 Å². The minimum absolute atomic E-state index is 0.912. The Morgan fingerprint density at radius 2 is 1.75 bits per heavy atom. The first-order valence-corrected chi connectivity index (χ1v) is 8.67. The van der Waals surface area contributed by atoms with Crippen molar-refractivity contribution in [1.82, 2.24) is 10.2 Å². The monoisotopic (exact) mass is 289 g/mol. The van der Waals surface area contributed by atoms with Crippen LogP contribution >= 0.6 is 11.8 Å². The third-order valence-corrected chi connectivity index (χ3v) is 4.14. The highest BCUT2D eigenvalue weighted by Gasteiger charge is 2.04. The summed E-state index contributed by atoms with van der Waals surface area (Å²) in [7, 11) is 0. The maximum absolute atomic E-state index is 4.29. The second-order valence-corrected chi connectivity index (χ2v) is 6.00. The number of hydrogen-bond acceptors (Lipinski definition) is 4. The number of aryl methyl sites for hydroxylation is 1. The molecule has 1 aromatic carbocycles. The SMILES string of the molecule is CSCCCCCCNc1nnc(C)c2ccccc12. The number of benzene rings is 1. The lowest BCUT2D eigenvalue weighted by molar-refractivity contribution is 0.688. The van der Waals surface area contributed by atoms with Crippen LogP contribution in [0.5, 0.6) is 0 Å². The molecule has 2 aromatic rings. The van der Waals surface area contributed by atoms with E-state index >= 15 is 0 Å². The Hall–Kier alpha value is -1.29. The molecule has 0 saturated heterocycles. The van der Waals surface area contributed by atoms with Crippen LogP contribution in [0.3, 0.4) is 0 Å². The second-order valence-electron chi connectivity index (χ2n) is 5.01. The fraction of sp³-hybridized carbons (Fsp3) is 0.500. The minimum Gasteiger partial charge on any atom is -0.368 e. The van der Waals surface area contributed by atoms with Crippen LogP contribution in [0, 0.1) is 6.92 Å². The number of anilines is 1. The number of nitrogens with zero attached hydrogens (tertiary/aromatic N) is 2. The van der Waals surface area contributed by atoms with Crippen molar-refractivity contribution in [2.45, 2.75) is 32.6 Å². The summed E-state index contributed by atoms with van der Waals surface area (Å²) in [5.74, 6) is 2.19. The lowest BCUT2D eigenvalue weighted by atomic mass is 10.1. The maximum atomic E-state index is 4.29. The Labute approximate surface area is 125 Å². The highest BCUT2D eigenvalue weighted by molar-refractivity contribution is 7.98. The largest absolute Gasteiger partial charge is 0.368 e. The van der Waals surface area contributed by atoms with Gasteiger partial charge in [0.15, 0.2) is 5.82 Å². The lowest BCUT2D eigenvalue weighted by Gasteiger charge is -2.09. The van der Waals surface area contributed by atoms with Crippen molar-refractivity contribution in [3.8, 4) is 0 Å². The summed E-state index contributed by atoms with van der Waals surface area (Å²) in [4.78, 5) is 0. The van der Waals surface area contributed by atoms with Crippen LogP contribution in [0.15, 0.2) is 24.3 Å². The summed E-state index contributed by atoms with van der Waals surface area (Å²) in [6.45, 7) is 2.98. The van der Waals surface area contributed by atoms with Crippen LogP contribution in [0.25, 0.3) is 10.8 Å². The molecular formula is C16H23N3S. The summed E-state index contributed by atoms with van der Waals surface area (Å²) in [6.07, 6.45) is 7.29. The Bertz CT molecular complexity index is 542. The van der Waals surface area contributed by atoms with E-state index in [4.69, 9.17) is 0 Å². The Morgan fingerprint density at radius 3 is 2.55 bits per heavy atom. The quantitative estimate of drug-likeness (QED) is 0.736. The lowest BCUT2D eigenvalue weighted by Crippen LogP contribution is -2.05. The van der Waals surface area contributed by atoms with Crippen LogP contribution < -0.4 is 5.32 Å². The molecule has 2 rings (SSSR count). The molecule has 1 N–H and O–H groups in total. The number of rotatable bonds is 8. The Kier molecular flexibility index (Phi) is 6.12. The Morgan fingerprint density at radius 1 is 1.00 bits per heavy atom. The van der Waals surface area contributed by atoms with Gasteiger partial charge in [-0.2, -0.15) is 16.9 Å². The van der Waals surface area contributed by atoms with Crippen molar-refractivity contribution in [3.63, 3.8) is 0 Å². The molecule has 0 aliphatic heterocycles. The van der Waals surface area contributed by atoms with Crippen molar-refractivity contribution in [3.05, 3.63) is 30.0 Å². The van der Waals surface area contributed by atoms with Gasteiger partial charge in [0.25, 0.3) is 0 Å². The van der Waals surface area contributed by atoms with E-state index in [1.807, 2.05) is 24.8 Å². The molecule has 0 amide bonds. The van der Waals surface area contributed by atoms with E-state index in [1.54, 1.807) is 0 Å². The van der Waals surface area contributed by atoms with Gasteiger partial charge in [-0.15, -0.1) is 5.10 Å². The van der Waals surface area contributed by atoms with Gasteiger partial charge in [0.05, 0.1) is 5.69 Å². The molecule has 0 aliphatic rings. The molecule has 3 nitrogen and oxygen atoms in total. The van der Waals surface area contributed by atoms with Crippen molar-refractivity contribution in [2.75, 3.05) is 23.9 Å². The molecule has 1 heterocycles. The van der Waals surface area contributed by atoms with Gasteiger partial charge in [-0.05, 0) is 31.8 Å². The van der Waals surface area contributed by atoms with Crippen molar-refractivity contribution in [2.24, 2.45) is 0 Å². The van der Waals surface area contributed by atoms with Crippen molar-refractivity contribution >= 4 is 28.4 Å². The highest BCUT2D eigenvalue weighted by Crippen LogP contribution is 2.22. The molecule has 1 aromatic heterocycles. The van der Waals surface area contributed by atoms with E-state index in [2.05, 4.69) is 40.0 Å². The topological polar surface area (TPSA) is 37.8 Å². The molecule has 0 bridgehead atoms. The van der Waals surface area contributed by atoms with Gasteiger partial charge in [-0.1, -0.05) is 37.1 Å². The van der Waals surface area contributed by atoms with E-state index in [1.165, 1.54) is 42.2 Å². The average molecular weight is 289 g/mol. The first-order chi connectivity index (χ1) is 9.83. The molecule has 108 valence electrons. The predicted octanol–water partition coefficient (Wildman–Crippen LogP) is 4.27. The van der Waals surface area contributed by atoms with Crippen molar-refractivity contribution in [1.29, 1.82) is 0 Å². The van der Waals surface area contributed by atoms with Gasteiger partial charge in [0.1, 0.15) is 0 Å². The summed E-state index contributed by atoms with van der Waals surface area (Å²) in [5.41, 5.74) is 0.989. The van der Waals surface area contributed by atoms with Crippen LogP contribution in [-0.2, 0) is 0 Å². The molecule has 0 aliphatic carbocycles. The van der Waals surface area contributed by atoms with Gasteiger partial charge in [-0.25, -0.2) is 0 Å².